The highest BCUT2D eigenvalue weighted by molar-refractivity contribution is 5.70. The molecule has 0 spiro atoms. The highest BCUT2D eigenvalue weighted by Gasteiger charge is 2.21. The quantitative estimate of drug-likeness (QED) is 0.119. The van der Waals surface area contributed by atoms with Crippen LogP contribution in [0, 0.1) is 0 Å². The fourth-order valence-electron chi connectivity index (χ4n) is 4.45. The minimum absolute atomic E-state index is 0.191. The lowest BCUT2D eigenvalue weighted by molar-refractivity contribution is -0.896. The van der Waals surface area contributed by atoms with Crippen molar-refractivity contribution >= 4 is 5.97 Å². The molecule has 0 aliphatic heterocycles. The molecule has 0 bridgehead atoms. The molecule has 0 heterocycles. The lowest BCUT2D eigenvalue weighted by atomic mass is 10.0. The molecule has 35 heavy (non-hydrogen) atoms. The summed E-state index contributed by atoms with van der Waals surface area (Å²) < 4.78 is 11.8. The van der Waals surface area contributed by atoms with Crippen LogP contribution in [0.4, 0.5) is 0 Å². The number of hydrogen-bond acceptors (Lipinski definition) is 3. The molecule has 194 valence electrons. The van der Waals surface area contributed by atoms with E-state index in [1.54, 1.807) is 0 Å². The Labute approximate surface area is 214 Å². The highest BCUT2D eigenvalue weighted by atomic mass is 16.6. The van der Waals surface area contributed by atoms with Crippen molar-refractivity contribution in [2.45, 2.75) is 84.1 Å². The third kappa shape index (κ3) is 14.0. The summed E-state index contributed by atoms with van der Waals surface area (Å²) in [5, 5.41) is 0. The molecule has 0 amide bonds. The van der Waals surface area contributed by atoms with Crippen LogP contribution in [0.3, 0.4) is 0 Å². The molecular weight excluding hydrogens is 434 g/mol. The summed E-state index contributed by atoms with van der Waals surface area (Å²) in [6.07, 6.45) is 14.7. The van der Waals surface area contributed by atoms with Crippen LogP contribution in [0.15, 0.2) is 54.6 Å². The Bertz CT molecular complexity index is 819. The fourth-order valence-corrected chi connectivity index (χ4v) is 4.45. The molecule has 0 atom stereocenters. The zero-order valence-corrected chi connectivity index (χ0v) is 22.5. The Balaban J connectivity index is 1.55. The van der Waals surface area contributed by atoms with Gasteiger partial charge in [-0.2, -0.15) is 0 Å². The summed E-state index contributed by atoms with van der Waals surface area (Å²) in [6.45, 7) is 4.04. The normalized spacial score (nSPS) is 11.4. The van der Waals surface area contributed by atoms with Gasteiger partial charge in [-0.1, -0.05) is 107 Å². The van der Waals surface area contributed by atoms with Crippen LogP contribution < -0.4 is 4.74 Å². The standard InChI is InChI=1S/C31H48NO3/c1-4-5-6-7-8-9-10-11-12-14-18-28-21-17-22-30(25-28)34-23-24-35-31(33)27-32(2,3)26-29-19-15-13-16-20-29/h13,15-17,19-22,25H,4-12,14,18,23-24,26-27H2,1-3H3/q+1. The van der Waals surface area contributed by atoms with E-state index in [1.165, 1.54) is 75.3 Å². The van der Waals surface area contributed by atoms with Gasteiger partial charge < -0.3 is 14.0 Å². The van der Waals surface area contributed by atoms with Crippen LogP contribution in [-0.4, -0.2) is 44.3 Å². The van der Waals surface area contributed by atoms with Gasteiger partial charge in [-0.05, 0) is 30.5 Å². The van der Waals surface area contributed by atoms with Crippen molar-refractivity contribution in [3.05, 3.63) is 65.7 Å². The lowest BCUT2D eigenvalue weighted by Gasteiger charge is -2.28. The molecule has 2 aromatic carbocycles. The summed E-state index contributed by atoms with van der Waals surface area (Å²) in [4.78, 5) is 12.3. The second-order valence-electron chi connectivity index (χ2n) is 10.4. The fraction of sp³-hybridized carbons (Fsp3) is 0.581. The Morgan fingerprint density at radius 2 is 1.37 bits per heavy atom. The van der Waals surface area contributed by atoms with Crippen molar-refractivity contribution in [1.82, 2.24) is 0 Å². The van der Waals surface area contributed by atoms with Gasteiger partial charge in [0.05, 0.1) is 14.1 Å². The number of hydrogen-bond donors (Lipinski definition) is 0. The number of unbranched alkanes of at least 4 members (excludes halogenated alkanes) is 9. The third-order valence-electron chi connectivity index (χ3n) is 6.34. The Hall–Kier alpha value is -2.33. The first-order valence-electron chi connectivity index (χ1n) is 13.7. The van der Waals surface area contributed by atoms with Gasteiger partial charge in [-0.15, -0.1) is 0 Å². The van der Waals surface area contributed by atoms with Crippen molar-refractivity contribution < 1.29 is 18.8 Å². The second kappa shape index (κ2) is 17.2. The number of carbonyl (C=O) groups is 1. The van der Waals surface area contributed by atoms with Gasteiger partial charge in [0.1, 0.15) is 25.5 Å². The van der Waals surface area contributed by atoms with Gasteiger partial charge in [0, 0.05) is 5.56 Å². The molecule has 4 heteroatoms. The average Bonchev–Trinajstić information content (AvgIpc) is 2.83. The number of nitrogens with zero attached hydrogens (tertiary/aromatic N) is 1. The molecule has 2 rings (SSSR count). The molecule has 4 nitrogen and oxygen atoms in total. The molecule has 0 unspecified atom stereocenters. The van der Waals surface area contributed by atoms with Crippen molar-refractivity contribution in [1.29, 1.82) is 0 Å². The van der Waals surface area contributed by atoms with Crippen molar-refractivity contribution in [3.8, 4) is 5.75 Å². The topological polar surface area (TPSA) is 35.5 Å². The maximum absolute atomic E-state index is 12.3. The lowest BCUT2D eigenvalue weighted by Crippen LogP contribution is -2.43. The minimum Gasteiger partial charge on any atom is -0.490 e. The van der Waals surface area contributed by atoms with Crippen LogP contribution in [0.5, 0.6) is 5.75 Å². The van der Waals surface area contributed by atoms with E-state index in [1.807, 2.05) is 38.4 Å². The van der Waals surface area contributed by atoms with Crippen LogP contribution in [-0.2, 0) is 22.5 Å². The first-order chi connectivity index (χ1) is 17.0. The SMILES string of the molecule is CCCCCCCCCCCCc1cccc(OCCOC(=O)C[N+](C)(C)Cc2ccccc2)c1. The maximum Gasteiger partial charge on any atom is 0.361 e. The maximum atomic E-state index is 12.3. The first kappa shape index (κ1) is 28.9. The Morgan fingerprint density at radius 3 is 2.06 bits per heavy atom. The van der Waals surface area contributed by atoms with Crippen LogP contribution in [0.2, 0.25) is 0 Å². The van der Waals surface area contributed by atoms with Crippen molar-refractivity contribution in [2.75, 3.05) is 33.9 Å². The predicted octanol–water partition coefficient (Wildman–Crippen LogP) is 7.35. The van der Waals surface area contributed by atoms with Crippen molar-refractivity contribution in [2.24, 2.45) is 0 Å². The van der Waals surface area contributed by atoms with E-state index in [-0.39, 0.29) is 12.6 Å². The molecule has 0 aromatic heterocycles. The predicted molar refractivity (Wildman–Crippen MR) is 146 cm³/mol. The van der Waals surface area contributed by atoms with Gasteiger partial charge in [-0.3, -0.25) is 0 Å². The van der Waals surface area contributed by atoms with Crippen molar-refractivity contribution in [3.63, 3.8) is 0 Å². The number of carbonyl (C=O) groups excluding carboxylic acids is 1. The molecule has 0 fully saturated rings. The monoisotopic (exact) mass is 482 g/mol. The van der Waals surface area contributed by atoms with Gasteiger partial charge in [-0.25, -0.2) is 4.79 Å². The molecule has 2 aromatic rings. The van der Waals surface area contributed by atoms with E-state index in [0.717, 1.165) is 18.7 Å². The van der Waals surface area contributed by atoms with E-state index in [9.17, 15) is 4.79 Å². The van der Waals surface area contributed by atoms with Gasteiger partial charge in [0.2, 0.25) is 0 Å². The number of quaternary nitrogens is 1. The van der Waals surface area contributed by atoms with Crippen LogP contribution in [0.25, 0.3) is 0 Å². The van der Waals surface area contributed by atoms with E-state index in [4.69, 9.17) is 9.47 Å². The molecule has 0 saturated heterocycles. The number of aryl methyl sites for hydroxylation is 1. The van der Waals surface area contributed by atoms with Gasteiger partial charge >= 0.3 is 5.97 Å². The largest absolute Gasteiger partial charge is 0.490 e. The number of rotatable bonds is 19. The summed E-state index contributed by atoms with van der Waals surface area (Å²) in [6, 6.07) is 18.6. The van der Waals surface area contributed by atoms with E-state index >= 15 is 0 Å². The van der Waals surface area contributed by atoms with Gasteiger partial charge in [0.15, 0.2) is 6.54 Å². The molecule has 0 aliphatic carbocycles. The van der Waals surface area contributed by atoms with E-state index in [2.05, 4.69) is 37.3 Å². The van der Waals surface area contributed by atoms with Gasteiger partial charge in [0.25, 0.3) is 0 Å². The number of esters is 1. The molecule has 0 aliphatic rings. The zero-order valence-electron chi connectivity index (χ0n) is 22.5. The third-order valence-corrected chi connectivity index (χ3v) is 6.34. The molecule has 0 N–H and O–H groups in total. The zero-order chi connectivity index (χ0) is 25.2. The highest BCUT2D eigenvalue weighted by Crippen LogP contribution is 2.17. The van der Waals surface area contributed by atoms with Crippen LogP contribution in [0.1, 0.15) is 82.3 Å². The number of ether oxygens (including phenoxy) is 2. The smallest absolute Gasteiger partial charge is 0.361 e. The summed E-state index contributed by atoms with van der Waals surface area (Å²) >= 11 is 0. The molecule has 0 radical (unpaired) electrons. The number of benzene rings is 2. The summed E-state index contributed by atoms with van der Waals surface area (Å²) in [5.41, 5.74) is 2.53. The first-order valence-corrected chi connectivity index (χ1v) is 13.7. The minimum atomic E-state index is -0.191. The Kier molecular flexibility index (Phi) is 14.2. The van der Waals surface area contributed by atoms with Crippen LogP contribution >= 0.6 is 0 Å². The second-order valence-corrected chi connectivity index (χ2v) is 10.4. The summed E-state index contributed by atoms with van der Waals surface area (Å²) in [7, 11) is 4.09. The molecule has 0 saturated carbocycles. The van der Waals surface area contributed by atoms with E-state index in [0.29, 0.717) is 17.6 Å². The Morgan fingerprint density at radius 1 is 0.743 bits per heavy atom. The average molecular weight is 483 g/mol. The number of likely N-dealkylation sites (N-methyl/N-ethyl adjacent to an activating group) is 1. The van der Waals surface area contributed by atoms with E-state index < -0.39 is 0 Å². The summed E-state index contributed by atoms with van der Waals surface area (Å²) in [5.74, 6) is 0.662. The molecular formula is C31H48NO3+.